The minimum Gasteiger partial charge on any atom is -0.381 e. The standard InChI is InChI=1S/C16H25N3OS.HI/c17-16(19-9-13-21-14-10-19)18-8-4-11-20-12-7-15-5-2-1-3-6-15;/h1-3,5-6H,4,7-14H2,(H2,17,18);1H. The highest BCUT2D eigenvalue weighted by atomic mass is 127. The lowest BCUT2D eigenvalue weighted by Crippen LogP contribution is -2.42. The van der Waals surface area contributed by atoms with Crippen molar-refractivity contribution in [2.75, 3.05) is 44.4 Å². The van der Waals surface area contributed by atoms with Gasteiger partial charge in [-0.05, 0) is 18.4 Å². The monoisotopic (exact) mass is 435 g/mol. The molecule has 0 bridgehead atoms. The molecule has 1 saturated heterocycles. The molecule has 2 N–H and O–H groups in total. The number of hydrogen-bond acceptors (Lipinski definition) is 3. The van der Waals surface area contributed by atoms with Gasteiger partial charge >= 0.3 is 0 Å². The lowest BCUT2D eigenvalue weighted by molar-refractivity contribution is 0.136. The number of halogens is 1. The van der Waals surface area contributed by atoms with Crippen LogP contribution in [0.2, 0.25) is 0 Å². The highest BCUT2D eigenvalue weighted by molar-refractivity contribution is 14.0. The molecule has 124 valence electrons. The molecule has 1 heterocycles. The first kappa shape index (κ1) is 19.6. The Morgan fingerprint density at radius 1 is 1.18 bits per heavy atom. The number of aliphatic imine (C=N–C) groups is 1. The first-order valence-corrected chi connectivity index (χ1v) is 8.76. The molecule has 0 unspecified atom stereocenters. The number of ether oxygens (including phenoxy) is 1. The summed E-state index contributed by atoms with van der Waals surface area (Å²) in [7, 11) is 0. The fourth-order valence-electron chi connectivity index (χ4n) is 2.19. The van der Waals surface area contributed by atoms with E-state index >= 15 is 0 Å². The van der Waals surface area contributed by atoms with Gasteiger partial charge in [0, 0.05) is 37.7 Å². The van der Waals surface area contributed by atoms with Crippen LogP contribution in [0.25, 0.3) is 0 Å². The van der Waals surface area contributed by atoms with Gasteiger partial charge in [-0.25, -0.2) is 0 Å². The van der Waals surface area contributed by atoms with Crippen LogP contribution in [0.3, 0.4) is 0 Å². The number of guanidine groups is 1. The van der Waals surface area contributed by atoms with E-state index in [0.717, 1.165) is 57.2 Å². The number of benzene rings is 1. The van der Waals surface area contributed by atoms with E-state index in [1.807, 2.05) is 17.8 Å². The van der Waals surface area contributed by atoms with Crippen LogP contribution in [-0.2, 0) is 11.2 Å². The van der Waals surface area contributed by atoms with Gasteiger partial charge in [0.25, 0.3) is 0 Å². The third-order valence-corrected chi connectivity index (χ3v) is 4.38. The molecule has 4 nitrogen and oxygen atoms in total. The third-order valence-electron chi connectivity index (χ3n) is 3.43. The molecule has 0 saturated carbocycles. The van der Waals surface area contributed by atoms with Gasteiger partial charge in [-0.15, -0.1) is 24.0 Å². The molecule has 0 aromatic heterocycles. The topological polar surface area (TPSA) is 50.9 Å². The van der Waals surface area contributed by atoms with E-state index in [2.05, 4.69) is 34.2 Å². The average molecular weight is 435 g/mol. The molecule has 1 aromatic rings. The summed E-state index contributed by atoms with van der Waals surface area (Å²) in [6.07, 6.45) is 1.90. The average Bonchev–Trinajstić information content (AvgIpc) is 2.55. The molecule has 6 heteroatoms. The lowest BCUT2D eigenvalue weighted by Gasteiger charge is -2.27. The van der Waals surface area contributed by atoms with Crippen LogP contribution in [0, 0.1) is 0 Å². The van der Waals surface area contributed by atoms with Crippen molar-refractivity contribution in [2.24, 2.45) is 10.7 Å². The quantitative estimate of drug-likeness (QED) is 0.310. The summed E-state index contributed by atoms with van der Waals surface area (Å²) in [5.74, 6) is 3.00. The number of thioether (sulfide) groups is 1. The van der Waals surface area contributed by atoms with Crippen LogP contribution in [0.5, 0.6) is 0 Å². The van der Waals surface area contributed by atoms with Crippen molar-refractivity contribution in [3.05, 3.63) is 35.9 Å². The molecule has 22 heavy (non-hydrogen) atoms. The SMILES string of the molecule is I.NC(=NCCCOCCc1ccccc1)N1CCSCC1. The Balaban J connectivity index is 0.00000242. The van der Waals surface area contributed by atoms with Crippen molar-refractivity contribution in [2.45, 2.75) is 12.8 Å². The Labute approximate surface area is 154 Å². The van der Waals surface area contributed by atoms with Gasteiger partial charge in [-0.2, -0.15) is 11.8 Å². The Morgan fingerprint density at radius 2 is 1.91 bits per heavy atom. The van der Waals surface area contributed by atoms with Crippen LogP contribution in [0.15, 0.2) is 35.3 Å². The van der Waals surface area contributed by atoms with Gasteiger partial charge in [0.15, 0.2) is 5.96 Å². The molecule has 0 spiro atoms. The summed E-state index contributed by atoms with van der Waals surface area (Å²) < 4.78 is 5.64. The first-order valence-electron chi connectivity index (χ1n) is 7.60. The summed E-state index contributed by atoms with van der Waals surface area (Å²) in [6.45, 7) is 4.31. The molecular formula is C16H26IN3OS. The van der Waals surface area contributed by atoms with Gasteiger partial charge in [0.2, 0.25) is 0 Å². The van der Waals surface area contributed by atoms with E-state index in [1.165, 1.54) is 5.56 Å². The zero-order valence-corrected chi connectivity index (χ0v) is 16.1. The minimum atomic E-state index is 0. The second-order valence-electron chi connectivity index (χ2n) is 5.04. The van der Waals surface area contributed by atoms with Crippen LogP contribution in [0.4, 0.5) is 0 Å². The zero-order chi connectivity index (χ0) is 14.8. The van der Waals surface area contributed by atoms with E-state index < -0.39 is 0 Å². The Morgan fingerprint density at radius 3 is 2.64 bits per heavy atom. The predicted octanol–water partition coefficient (Wildman–Crippen LogP) is 2.62. The van der Waals surface area contributed by atoms with Crippen molar-refractivity contribution < 1.29 is 4.74 Å². The summed E-state index contributed by atoms with van der Waals surface area (Å²) in [6, 6.07) is 10.4. The molecule has 1 aliphatic rings. The van der Waals surface area contributed by atoms with Crippen LogP contribution < -0.4 is 5.73 Å². The fraction of sp³-hybridized carbons (Fsp3) is 0.562. The maximum absolute atomic E-state index is 5.99. The number of hydrogen-bond donors (Lipinski definition) is 1. The summed E-state index contributed by atoms with van der Waals surface area (Å²) in [5, 5.41) is 0. The van der Waals surface area contributed by atoms with Crippen molar-refractivity contribution >= 4 is 41.7 Å². The second-order valence-corrected chi connectivity index (χ2v) is 6.27. The van der Waals surface area contributed by atoms with Crippen LogP contribution >= 0.6 is 35.7 Å². The lowest BCUT2D eigenvalue weighted by atomic mass is 10.2. The molecular weight excluding hydrogens is 409 g/mol. The Hall–Kier alpha value is -0.470. The number of nitrogens with two attached hydrogens (primary N) is 1. The molecule has 0 aliphatic carbocycles. The van der Waals surface area contributed by atoms with Crippen LogP contribution in [0.1, 0.15) is 12.0 Å². The molecule has 0 amide bonds. The van der Waals surface area contributed by atoms with E-state index in [9.17, 15) is 0 Å². The molecule has 1 fully saturated rings. The first-order chi connectivity index (χ1) is 10.4. The third kappa shape index (κ3) is 7.69. The van der Waals surface area contributed by atoms with E-state index in [-0.39, 0.29) is 24.0 Å². The number of nitrogens with zero attached hydrogens (tertiary/aromatic N) is 2. The normalized spacial score (nSPS) is 15.5. The molecule has 1 aliphatic heterocycles. The maximum atomic E-state index is 5.99. The van der Waals surface area contributed by atoms with E-state index in [1.54, 1.807) is 0 Å². The van der Waals surface area contributed by atoms with Gasteiger partial charge in [0.05, 0.1) is 6.61 Å². The molecule has 0 atom stereocenters. The van der Waals surface area contributed by atoms with E-state index in [0.29, 0.717) is 5.96 Å². The predicted molar refractivity (Wildman–Crippen MR) is 106 cm³/mol. The Kier molecular flexibility index (Phi) is 10.7. The van der Waals surface area contributed by atoms with Crippen molar-refractivity contribution in [3.63, 3.8) is 0 Å². The van der Waals surface area contributed by atoms with Crippen molar-refractivity contribution in [3.8, 4) is 0 Å². The highest BCUT2D eigenvalue weighted by Crippen LogP contribution is 2.08. The fourth-order valence-corrected chi connectivity index (χ4v) is 3.09. The molecule has 0 radical (unpaired) electrons. The van der Waals surface area contributed by atoms with Crippen LogP contribution in [-0.4, -0.2) is 55.2 Å². The zero-order valence-electron chi connectivity index (χ0n) is 12.9. The van der Waals surface area contributed by atoms with Gasteiger partial charge in [-0.3, -0.25) is 4.99 Å². The van der Waals surface area contributed by atoms with Gasteiger partial charge in [0.1, 0.15) is 0 Å². The summed E-state index contributed by atoms with van der Waals surface area (Å²) in [5.41, 5.74) is 7.31. The summed E-state index contributed by atoms with van der Waals surface area (Å²) in [4.78, 5) is 6.61. The molecule has 1 aromatic carbocycles. The van der Waals surface area contributed by atoms with E-state index in [4.69, 9.17) is 10.5 Å². The highest BCUT2D eigenvalue weighted by Gasteiger charge is 2.11. The largest absolute Gasteiger partial charge is 0.381 e. The maximum Gasteiger partial charge on any atom is 0.191 e. The second kappa shape index (κ2) is 12.0. The Bertz CT molecular complexity index is 425. The van der Waals surface area contributed by atoms with Crippen molar-refractivity contribution in [1.82, 2.24) is 4.90 Å². The van der Waals surface area contributed by atoms with Crippen molar-refractivity contribution in [1.29, 1.82) is 0 Å². The molecule has 2 rings (SSSR count). The van der Waals surface area contributed by atoms with Gasteiger partial charge < -0.3 is 15.4 Å². The van der Waals surface area contributed by atoms with Gasteiger partial charge in [-0.1, -0.05) is 30.3 Å². The minimum absolute atomic E-state index is 0. The number of rotatable bonds is 7. The summed E-state index contributed by atoms with van der Waals surface area (Å²) >= 11 is 1.98. The smallest absolute Gasteiger partial charge is 0.191 e.